The normalized spacial score (nSPS) is 12.5. The van der Waals surface area contributed by atoms with Gasteiger partial charge in [0.15, 0.2) is 0 Å². The van der Waals surface area contributed by atoms with Gasteiger partial charge in [-0.2, -0.15) is 0 Å². The van der Waals surface area contributed by atoms with Gasteiger partial charge in [0.25, 0.3) is 0 Å². The van der Waals surface area contributed by atoms with Gasteiger partial charge in [-0.3, -0.25) is 0 Å². The van der Waals surface area contributed by atoms with Crippen molar-refractivity contribution in [2.24, 2.45) is 0 Å². The Morgan fingerprint density at radius 2 is 2.16 bits per heavy atom. The molecule has 0 saturated carbocycles. The van der Waals surface area contributed by atoms with E-state index in [-0.39, 0.29) is 0 Å². The van der Waals surface area contributed by atoms with Crippen LogP contribution in [0.15, 0.2) is 46.7 Å². The minimum atomic E-state index is 0.463. The second-order valence-corrected chi connectivity index (χ2v) is 6.72. The number of nitrogens with one attached hydrogen (secondary N) is 1. The molecular weight excluding hydrogens is 270 g/mol. The van der Waals surface area contributed by atoms with Crippen LogP contribution in [0.5, 0.6) is 0 Å². The van der Waals surface area contributed by atoms with Gasteiger partial charge < -0.3 is 5.32 Å². The molecule has 1 N–H and O–H groups in total. The molecule has 3 heteroatoms. The van der Waals surface area contributed by atoms with Crippen LogP contribution in [0.4, 0.5) is 0 Å². The van der Waals surface area contributed by atoms with Crippen LogP contribution >= 0.6 is 23.1 Å². The van der Waals surface area contributed by atoms with Gasteiger partial charge in [0.2, 0.25) is 0 Å². The van der Waals surface area contributed by atoms with E-state index in [0.29, 0.717) is 6.04 Å². The lowest BCUT2D eigenvalue weighted by atomic mass is 10.2. The monoisotopic (exact) mass is 291 g/mol. The summed E-state index contributed by atoms with van der Waals surface area (Å²) >= 11 is 3.78. The van der Waals surface area contributed by atoms with Crippen LogP contribution < -0.4 is 5.32 Å². The zero-order chi connectivity index (χ0) is 13.5. The number of aryl methyl sites for hydroxylation is 1. The molecule has 0 saturated heterocycles. The lowest BCUT2D eigenvalue weighted by Crippen LogP contribution is -2.23. The van der Waals surface area contributed by atoms with Crippen LogP contribution in [0.3, 0.4) is 0 Å². The van der Waals surface area contributed by atoms with E-state index in [1.54, 1.807) is 0 Å². The molecule has 0 aliphatic rings. The van der Waals surface area contributed by atoms with E-state index < -0.39 is 0 Å². The van der Waals surface area contributed by atoms with Crippen molar-refractivity contribution in [3.8, 4) is 0 Å². The van der Waals surface area contributed by atoms with E-state index in [4.69, 9.17) is 0 Å². The maximum absolute atomic E-state index is 3.65. The smallest absolute Gasteiger partial charge is 0.0510 e. The highest BCUT2D eigenvalue weighted by molar-refractivity contribution is 7.99. The molecule has 0 radical (unpaired) electrons. The SMILES string of the molecule is CCCNC(CSc1cccc(C)c1)c1cccs1. The third-order valence-corrected chi connectivity index (χ3v) is 5.01. The molecule has 0 spiro atoms. The molecule has 0 amide bonds. The number of benzene rings is 1. The van der Waals surface area contributed by atoms with Gasteiger partial charge in [0.05, 0.1) is 6.04 Å². The summed E-state index contributed by atoms with van der Waals surface area (Å²) in [5.41, 5.74) is 1.33. The first-order chi connectivity index (χ1) is 9.29. The van der Waals surface area contributed by atoms with Crippen molar-refractivity contribution in [3.05, 3.63) is 52.2 Å². The van der Waals surface area contributed by atoms with E-state index in [0.717, 1.165) is 12.3 Å². The van der Waals surface area contributed by atoms with Crippen molar-refractivity contribution >= 4 is 23.1 Å². The van der Waals surface area contributed by atoms with E-state index in [2.05, 4.69) is 60.9 Å². The van der Waals surface area contributed by atoms with Gasteiger partial charge >= 0.3 is 0 Å². The Hall–Kier alpha value is -0.770. The predicted molar refractivity (Wildman–Crippen MR) is 87.3 cm³/mol. The van der Waals surface area contributed by atoms with Crippen molar-refractivity contribution < 1.29 is 0 Å². The fourth-order valence-corrected chi connectivity index (χ4v) is 3.94. The zero-order valence-corrected chi connectivity index (χ0v) is 13.2. The number of thiophene rings is 1. The Bertz CT molecular complexity index is 479. The van der Waals surface area contributed by atoms with Gasteiger partial charge in [-0.15, -0.1) is 23.1 Å². The predicted octanol–water partition coefficient (Wildman–Crippen LogP) is 4.89. The minimum absolute atomic E-state index is 0.463. The second-order valence-electron chi connectivity index (χ2n) is 4.65. The van der Waals surface area contributed by atoms with Crippen LogP contribution in [-0.4, -0.2) is 12.3 Å². The molecule has 1 atom stereocenters. The van der Waals surface area contributed by atoms with E-state index in [1.165, 1.54) is 21.8 Å². The summed E-state index contributed by atoms with van der Waals surface area (Å²) in [5.74, 6) is 1.09. The Kier molecular flexibility index (Phi) is 5.95. The van der Waals surface area contributed by atoms with Crippen LogP contribution in [0.25, 0.3) is 0 Å². The quantitative estimate of drug-likeness (QED) is 0.729. The molecule has 0 bridgehead atoms. The van der Waals surface area contributed by atoms with Gasteiger partial charge in [0.1, 0.15) is 0 Å². The van der Waals surface area contributed by atoms with Crippen molar-refractivity contribution in [2.75, 3.05) is 12.3 Å². The van der Waals surface area contributed by atoms with E-state index >= 15 is 0 Å². The molecule has 1 unspecified atom stereocenters. The number of hydrogen-bond donors (Lipinski definition) is 1. The maximum Gasteiger partial charge on any atom is 0.0510 e. The molecule has 102 valence electrons. The van der Waals surface area contributed by atoms with Gasteiger partial charge in [-0.05, 0) is 43.5 Å². The highest BCUT2D eigenvalue weighted by atomic mass is 32.2. The van der Waals surface area contributed by atoms with Crippen LogP contribution in [0.2, 0.25) is 0 Å². The molecule has 1 aromatic heterocycles. The van der Waals surface area contributed by atoms with Crippen LogP contribution in [-0.2, 0) is 0 Å². The maximum atomic E-state index is 3.65. The summed E-state index contributed by atoms with van der Waals surface area (Å²) in [6.07, 6.45) is 1.18. The summed E-state index contributed by atoms with van der Waals surface area (Å²) in [5, 5.41) is 5.81. The van der Waals surface area contributed by atoms with Crippen LogP contribution in [0, 0.1) is 6.92 Å². The summed E-state index contributed by atoms with van der Waals surface area (Å²) < 4.78 is 0. The molecule has 1 aromatic carbocycles. The number of thioether (sulfide) groups is 1. The number of hydrogen-bond acceptors (Lipinski definition) is 3. The molecular formula is C16H21NS2. The van der Waals surface area contributed by atoms with Crippen molar-refractivity contribution in [2.45, 2.75) is 31.2 Å². The topological polar surface area (TPSA) is 12.0 Å². The van der Waals surface area contributed by atoms with E-state index in [1.807, 2.05) is 23.1 Å². The van der Waals surface area contributed by atoms with Gasteiger partial charge in [-0.1, -0.05) is 30.7 Å². The standard InChI is InChI=1S/C16H21NS2/c1-3-9-17-15(16-8-5-10-18-16)12-19-14-7-4-6-13(2)11-14/h4-8,10-11,15,17H,3,9,12H2,1-2H3. The van der Waals surface area contributed by atoms with Gasteiger partial charge in [0, 0.05) is 15.5 Å². The number of rotatable bonds is 7. The molecule has 0 aliphatic heterocycles. The zero-order valence-electron chi connectivity index (χ0n) is 11.6. The Morgan fingerprint density at radius 3 is 2.84 bits per heavy atom. The molecule has 19 heavy (non-hydrogen) atoms. The lowest BCUT2D eigenvalue weighted by molar-refractivity contribution is 0.585. The first-order valence-electron chi connectivity index (χ1n) is 6.76. The Balaban J connectivity index is 1.96. The molecule has 0 aliphatic carbocycles. The molecule has 2 aromatic rings. The lowest BCUT2D eigenvalue weighted by Gasteiger charge is -2.16. The Labute approximate surface area is 124 Å². The minimum Gasteiger partial charge on any atom is -0.309 e. The van der Waals surface area contributed by atoms with Gasteiger partial charge in [-0.25, -0.2) is 0 Å². The fraction of sp³-hybridized carbons (Fsp3) is 0.375. The molecule has 2 rings (SSSR count). The van der Waals surface area contributed by atoms with Crippen molar-refractivity contribution in [3.63, 3.8) is 0 Å². The highest BCUT2D eigenvalue weighted by Crippen LogP contribution is 2.27. The average Bonchev–Trinajstić information content (AvgIpc) is 2.93. The molecule has 1 nitrogen and oxygen atoms in total. The van der Waals surface area contributed by atoms with Crippen molar-refractivity contribution in [1.82, 2.24) is 5.32 Å². The van der Waals surface area contributed by atoms with Crippen LogP contribution in [0.1, 0.15) is 29.8 Å². The second kappa shape index (κ2) is 7.73. The largest absolute Gasteiger partial charge is 0.309 e. The molecule has 1 heterocycles. The summed E-state index contributed by atoms with van der Waals surface area (Å²) in [6, 6.07) is 13.6. The highest BCUT2D eigenvalue weighted by Gasteiger charge is 2.12. The summed E-state index contributed by atoms with van der Waals surface area (Å²) in [4.78, 5) is 2.80. The first-order valence-corrected chi connectivity index (χ1v) is 8.62. The third kappa shape index (κ3) is 4.68. The fourth-order valence-electron chi connectivity index (χ4n) is 1.93. The average molecular weight is 291 g/mol. The summed E-state index contributed by atoms with van der Waals surface area (Å²) in [6.45, 7) is 5.44. The summed E-state index contributed by atoms with van der Waals surface area (Å²) in [7, 11) is 0. The Morgan fingerprint density at radius 1 is 1.26 bits per heavy atom. The third-order valence-electron chi connectivity index (χ3n) is 2.93. The van der Waals surface area contributed by atoms with Crippen molar-refractivity contribution in [1.29, 1.82) is 0 Å². The molecule has 0 fully saturated rings. The first kappa shape index (κ1) is 14.6. The van der Waals surface area contributed by atoms with E-state index in [9.17, 15) is 0 Å².